The van der Waals surface area contributed by atoms with Gasteiger partial charge >= 0.3 is 6.61 Å². The molecule has 0 saturated heterocycles. The van der Waals surface area contributed by atoms with Gasteiger partial charge in [-0.2, -0.15) is 8.78 Å². The van der Waals surface area contributed by atoms with E-state index in [4.69, 9.17) is 4.74 Å². The Balaban J connectivity index is 1.47. The molecule has 10 heteroatoms. The van der Waals surface area contributed by atoms with E-state index in [2.05, 4.69) is 15.0 Å². The SMILES string of the molecule is O[C@@H]1C[C@H](c2ccccc2OC(F)F)c2c1nc1cc(F)c(-c3cnc(C4(O)CC4)nc3)cn21. The Morgan fingerprint density at radius 2 is 1.88 bits per heavy atom. The summed E-state index contributed by atoms with van der Waals surface area (Å²) < 4.78 is 47.4. The van der Waals surface area contributed by atoms with Crippen molar-refractivity contribution >= 4 is 5.65 Å². The summed E-state index contributed by atoms with van der Waals surface area (Å²) >= 11 is 0. The highest BCUT2D eigenvalue weighted by Crippen LogP contribution is 2.47. The first-order valence-electron chi connectivity index (χ1n) is 10.8. The predicted molar refractivity (Wildman–Crippen MR) is 114 cm³/mol. The summed E-state index contributed by atoms with van der Waals surface area (Å²) in [7, 11) is 0. The van der Waals surface area contributed by atoms with Crippen LogP contribution in [0.25, 0.3) is 16.8 Å². The summed E-state index contributed by atoms with van der Waals surface area (Å²) in [5.41, 5.74) is 1.34. The maximum atomic E-state index is 15.0. The zero-order valence-electron chi connectivity index (χ0n) is 17.7. The molecule has 6 rings (SSSR count). The van der Waals surface area contributed by atoms with Crippen molar-refractivity contribution in [2.45, 2.75) is 43.5 Å². The fraction of sp³-hybridized carbons (Fsp3) is 0.292. The Bertz CT molecular complexity index is 1400. The Kier molecular flexibility index (Phi) is 4.65. The third-order valence-electron chi connectivity index (χ3n) is 6.49. The number of aromatic nitrogens is 4. The van der Waals surface area contributed by atoms with Gasteiger partial charge in [0.1, 0.15) is 22.8 Å². The molecule has 1 fully saturated rings. The molecule has 0 unspecified atom stereocenters. The lowest BCUT2D eigenvalue weighted by Gasteiger charge is -2.17. The molecular formula is C24H19F3N4O3. The Morgan fingerprint density at radius 1 is 1.15 bits per heavy atom. The van der Waals surface area contributed by atoms with E-state index in [9.17, 15) is 19.0 Å². The number of fused-ring (bicyclic) bond motifs is 3. The fourth-order valence-electron chi connectivity index (χ4n) is 4.65. The summed E-state index contributed by atoms with van der Waals surface area (Å²) in [5, 5.41) is 20.8. The number of rotatable bonds is 5. The highest BCUT2D eigenvalue weighted by molar-refractivity contribution is 5.65. The summed E-state index contributed by atoms with van der Waals surface area (Å²) in [4.78, 5) is 12.8. The summed E-state index contributed by atoms with van der Waals surface area (Å²) in [6.45, 7) is -2.99. The van der Waals surface area contributed by atoms with E-state index in [1.807, 2.05) is 0 Å². The maximum Gasteiger partial charge on any atom is 0.387 e. The van der Waals surface area contributed by atoms with Crippen LogP contribution >= 0.6 is 0 Å². The number of para-hydroxylation sites is 1. The van der Waals surface area contributed by atoms with Gasteiger partial charge < -0.3 is 19.4 Å². The number of hydrogen-bond donors (Lipinski definition) is 2. The quantitative estimate of drug-likeness (QED) is 0.459. The minimum Gasteiger partial charge on any atom is -0.435 e. The fourth-order valence-corrected chi connectivity index (χ4v) is 4.65. The molecule has 0 bridgehead atoms. The van der Waals surface area contributed by atoms with Gasteiger partial charge in [-0.05, 0) is 25.3 Å². The molecule has 2 aliphatic carbocycles. The predicted octanol–water partition coefficient (Wildman–Crippen LogP) is 4.08. The molecule has 174 valence electrons. The third-order valence-corrected chi connectivity index (χ3v) is 6.49. The lowest BCUT2D eigenvalue weighted by Crippen LogP contribution is -2.10. The third kappa shape index (κ3) is 3.33. The molecule has 3 heterocycles. The molecule has 0 amide bonds. The second kappa shape index (κ2) is 7.51. The highest BCUT2D eigenvalue weighted by Gasteiger charge is 2.45. The monoisotopic (exact) mass is 468 g/mol. The largest absolute Gasteiger partial charge is 0.435 e. The van der Waals surface area contributed by atoms with Crippen molar-refractivity contribution in [3.8, 4) is 16.9 Å². The molecule has 2 N–H and O–H groups in total. The Morgan fingerprint density at radius 3 is 2.59 bits per heavy atom. The van der Waals surface area contributed by atoms with E-state index in [-0.39, 0.29) is 23.4 Å². The van der Waals surface area contributed by atoms with Crippen molar-refractivity contribution in [2.75, 3.05) is 0 Å². The first-order chi connectivity index (χ1) is 16.3. The van der Waals surface area contributed by atoms with Crippen LogP contribution in [-0.4, -0.2) is 36.2 Å². The zero-order chi connectivity index (χ0) is 23.6. The summed E-state index contributed by atoms with van der Waals surface area (Å²) in [5.74, 6) is -0.719. The van der Waals surface area contributed by atoms with Crippen molar-refractivity contribution in [1.82, 2.24) is 19.4 Å². The lowest BCUT2D eigenvalue weighted by atomic mass is 9.95. The minimum absolute atomic E-state index is 0.0156. The molecule has 0 aliphatic heterocycles. The number of hydrogen-bond acceptors (Lipinski definition) is 6. The molecule has 4 aromatic rings. The van der Waals surface area contributed by atoms with Crippen LogP contribution in [0.1, 0.15) is 54.1 Å². The number of aliphatic hydroxyl groups excluding tert-OH is 1. The van der Waals surface area contributed by atoms with Crippen LogP contribution in [0.4, 0.5) is 13.2 Å². The second-order valence-corrected chi connectivity index (χ2v) is 8.69. The normalized spacial score (nSPS) is 20.6. The van der Waals surface area contributed by atoms with Crippen LogP contribution in [0.5, 0.6) is 5.75 Å². The van der Waals surface area contributed by atoms with Crippen molar-refractivity contribution in [3.63, 3.8) is 0 Å². The van der Waals surface area contributed by atoms with Crippen molar-refractivity contribution in [3.05, 3.63) is 77.5 Å². The van der Waals surface area contributed by atoms with E-state index in [0.29, 0.717) is 41.2 Å². The number of pyridine rings is 1. The number of benzene rings is 1. The Hall–Kier alpha value is -3.50. The van der Waals surface area contributed by atoms with Crippen LogP contribution in [-0.2, 0) is 5.60 Å². The highest BCUT2D eigenvalue weighted by atomic mass is 19.3. The van der Waals surface area contributed by atoms with Gasteiger partial charge in [0.25, 0.3) is 0 Å². The van der Waals surface area contributed by atoms with Crippen LogP contribution < -0.4 is 4.74 Å². The van der Waals surface area contributed by atoms with Crippen molar-refractivity contribution in [2.24, 2.45) is 0 Å². The van der Waals surface area contributed by atoms with Gasteiger partial charge in [0.05, 0.1) is 17.5 Å². The minimum atomic E-state index is -2.99. The first kappa shape index (κ1) is 21.1. The van der Waals surface area contributed by atoms with E-state index in [0.717, 1.165) is 0 Å². The molecule has 2 aliphatic rings. The average Bonchev–Trinajstić information content (AvgIpc) is 3.34. The van der Waals surface area contributed by atoms with Gasteiger partial charge in [-0.1, -0.05) is 18.2 Å². The second-order valence-electron chi connectivity index (χ2n) is 8.69. The Labute approximate surface area is 191 Å². The maximum absolute atomic E-state index is 15.0. The van der Waals surface area contributed by atoms with Crippen molar-refractivity contribution < 1.29 is 28.1 Å². The number of halogens is 3. The topological polar surface area (TPSA) is 92.8 Å². The summed E-state index contributed by atoms with van der Waals surface area (Å²) in [6, 6.07) is 7.67. The van der Waals surface area contributed by atoms with Crippen molar-refractivity contribution in [1.29, 1.82) is 0 Å². The first-order valence-corrected chi connectivity index (χ1v) is 10.8. The molecule has 1 saturated carbocycles. The zero-order valence-corrected chi connectivity index (χ0v) is 17.7. The molecule has 7 nitrogen and oxygen atoms in total. The number of imidazole rings is 1. The van der Waals surface area contributed by atoms with Crippen LogP contribution in [0.2, 0.25) is 0 Å². The number of nitrogens with zero attached hydrogens (tertiary/aromatic N) is 4. The van der Waals surface area contributed by atoms with Gasteiger partial charge in [-0.25, -0.2) is 19.3 Å². The molecular weight excluding hydrogens is 449 g/mol. The van der Waals surface area contributed by atoms with Crippen LogP contribution in [0.15, 0.2) is 48.9 Å². The van der Waals surface area contributed by atoms with Gasteiger partial charge in [-0.3, -0.25) is 0 Å². The summed E-state index contributed by atoms with van der Waals surface area (Å²) in [6.07, 6.45) is 4.93. The van der Waals surface area contributed by atoms with Crippen LogP contribution in [0, 0.1) is 5.82 Å². The molecule has 34 heavy (non-hydrogen) atoms. The van der Waals surface area contributed by atoms with Gasteiger partial charge in [0.15, 0.2) is 5.82 Å². The molecule has 2 atom stereocenters. The molecule has 1 aromatic carbocycles. The average molecular weight is 468 g/mol. The molecule has 3 aromatic heterocycles. The number of aliphatic hydroxyl groups is 2. The van der Waals surface area contributed by atoms with Gasteiger partial charge in [-0.15, -0.1) is 0 Å². The lowest BCUT2D eigenvalue weighted by molar-refractivity contribution is -0.0506. The molecule has 0 radical (unpaired) electrons. The number of alkyl halides is 2. The standard InChI is InChI=1S/C24H19F3N4O3/c25-16-8-19-30-20-17(32)7-14(13-3-1-2-4-18(13)34-23(26)27)21(20)31(19)11-15(16)12-9-28-22(29-10-12)24(33)5-6-24/h1-4,8-11,14,17,23,32-33H,5-7H2/t14-,17-/m1/s1. The van der Waals surface area contributed by atoms with Gasteiger partial charge in [0, 0.05) is 47.3 Å². The van der Waals surface area contributed by atoms with Gasteiger partial charge in [0.2, 0.25) is 0 Å². The van der Waals surface area contributed by atoms with E-state index in [1.165, 1.54) is 24.5 Å². The van der Waals surface area contributed by atoms with E-state index < -0.39 is 30.1 Å². The van der Waals surface area contributed by atoms with E-state index in [1.54, 1.807) is 28.8 Å². The van der Waals surface area contributed by atoms with E-state index >= 15 is 4.39 Å². The van der Waals surface area contributed by atoms with Crippen LogP contribution in [0.3, 0.4) is 0 Å². The molecule has 0 spiro atoms. The smallest absolute Gasteiger partial charge is 0.387 e. The number of ether oxygens (including phenoxy) is 1.